The van der Waals surface area contributed by atoms with Gasteiger partial charge in [0, 0.05) is 22.6 Å². The van der Waals surface area contributed by atoms with E-state index in [1.54, 1.807) is 6.08 Å². The molecule has 0 spiro atoms. The van der Waals surface area contributed by atoms with Gasteiger partial charge in [0.05, 0.1) is 0 Å². The van der Waals surface area contributed by atoms with Crippen molar-refractivity contribution in [2.45, 2.75) is 52.7 Å². The van der Waals surface area contributed by atoms with Gasteiger partial charge in [0.2, 0.25) is 6.29 Å². The summed E-state index contributed by atoms with van der Waals surface area (Å²) in [7, 11) is 0. The van der Waals surface area contributed by atoms with Crippen molar-refractivity contribution in [3.05, 3.63) is 35.5 Å². The van der Waals surface area contributed by atoms with E-state index in [0.717, 1.165) is 19.3 Å². The topological polar surface area (TPSA) is 83.8 Å². The molecule has 0 aromatic carbocycles. The van der Waals surface area contributed by atoms with E-state index in [4.69, 9.17) is 4.74 Å². The van der Waals surface area contributed by atoms with Crippen LogP contribution in [-0.2, 0) is 14.3 Å². The molecule has 0 aromatic rings. The van der Waals surface area contributed by atoms with Gasteiger partial charge in [-0.2, -0.15) is 0 Å². The largest absolute Gasteiger partial charge is 0.478 e. The second kappa shape index (κ2) is 6.13. The maximum atomic E-state index is 11.8. The molecule has 5 heteroatoms. The highest BCUT2D eigenvalue weighted by molar-refractivity contribution is 5.89. The molecule has 0 saturated heterocycles. The van der Waals surface area contributed by atoms with Crippen LogP contribution in [0.25, 0.3) is 0 Å². The van der Waals surface area contributed by atoms with Crippen molar-refractivity contribution in [2.24, 2.45) is 22.7 Å². The zero-order valence-corrected chi connectivity index (χ0v) is 15.0. The zero-order valence-electron chi connectivity index (χ0n) is 15.0. The van der Waals surface area contributed by atoms with E-state index < -0.39 is 23.6 Å². The lowest BCUT2D eigenvalue weighted by Crippen LogP contribution is -2.49. The maximum absolute atomic E-state index is 11.8. The molecule has 1 saturated carbocycles. The quantitative estimate of drug-likeness (QED) is 0.764. The molecule has 0 bridgehead atoms. The van der Waals surface area contributed by atoms with Gasteiger partial charge in [-0.1, -0.05) is 39.0 Å². The number of esters is 1. The second-order valence-corrected chi connectivity index (χ2v) is 8.12. The minimum atomic E-state index is -1.14. The summed E-state index contributed by atoms with van der Waals surface area (Å²) in [4.78, 5) is 23.1. The number of allylic oxidation sites excluding steroid dienone is 3. The SMILES string of the molecule is CC1CCC2(C)C(C(=O)O)=CC=CC2C1(C)CCC1=CC(=O)OC1O. The highest BCUT2D eigenvalue weighted by atomic mass is 16.6. The van der Waals surface area contributed by atoms with Crippen LogP contribution in [0.1, 0.15) is 46.5 Å². The van der Waals surface area contributed by atoms with Gasteiger partial charge in [0.25, 0.3) is 0 Å². The van der Waals surface area contributed by atoms with Crippen LogP contribution in [0.3, 0.4) is 0 Å². The molecular formula is C20H26O5. The third-order valence-corrected chi connectivity index (χ3v) is 6.83. The molecule has 5 atom stereocenters. The molecule has 136 valence electrons. The second-order valence-electron chi connectivity index (χ2n) is 8.12. The third kappa shape index (κ3) is 2.84. The summed E-state index contributed by atoms with van der Waals surface area (Å²) in [5, 5.41) is 19.5. The minimum absolute atomic E-state index is 0.107. The van der Waals surface area contributed by atoms with Crippen LogP contribution in [-0.4, -0.2) is 28.4 Å². The first-order chi connectivity index (χ1) is 11.7. The number of aliphatic hydroxyl groups excluding tert-OH is 1. The number of cyclic esters (lactones) is 1. The summed E-state index contributed by atoms with van der Waals surface area (Å²) in [6.07, 6.45) is 9.11. The lowest BCUT2D eigenvalue weighted by Gasteiger charge is -2.56. The van der Waals surface area contributed by atoms with Crippen LogP contribution in [0.2, 0.25) is 0 Å². The van der Waals surface area contributed by atoms with E-state index in [9.17, 15) is 19.8 Å². The minimum Gasteiger partial charge on any atom is -0.478 e. The standard InChI is InChI=1S/C20H26O5/c1-12-7-9-20(3)14(17(22)23)5-4-6-15(20)19(12,2)10-8-13-11-16(21)25-18(13)24/h4-6,11-12,15,18,24H,7-10H2,1-3H3,(H,22,23). The van der Waals surface area contributed by atoms with Gasteiger partial charge in [0.15, 0.2) is 0 Å². The lowest BCUT2D eigenvalue weighted by atomic mass is 9.48. The molecular weight excluding hydrogens is 320 g/mol. The van der Waals surface area contributed by atoms with Crippen LogP contribution in [0, 0.1) is 22.7 Å². The van der Waals surface area contributed by atoms with Crippen molar-refractivity contribution >= 4 is 11.9 Å². The summed E-state index contributed by atoms with van der Waals surface area (Å²) in [6, 6.07) is 0. The molecule has 2 N–H and O–H groups in total. The van der Waals surface area contributed by atoms with Crippen molar-refractivity contribution < 1.29 is 24.5 Å². The van der Waals surface area contributed by atoms with Gasteiger partial charge >= 0.3 is 11.9 Å². The molecule has 5 nitrogen and oxygen atoms in total. The number of fused-ring (bicyclic) bond motifs is 1. The number of hydrogen-bond acceptors (Lipinski definition) is 4. The molecule has 2 aliphatic carbocycles. The lowest BCUT2D eigenvalue weighted by molar-refractivity contribution is -0.151. The number of carbonyl (C=O) groups is 2. The number of aliphatic carboxylic acids is 1. The molecule has 3 rings (SSSR count). The van der Waals surface area contributed by atoms with Gasteiger partial charge in [-0.25, -0.2) is 9.59 Å². The monoisotopic (exact) mass is 346 g/mol. The van der Waals surface area contributed by atoms with Crippen LogP contribution in [0.5, 0.6) is 0 Å². The number of carbonyl (C=O) groups excluding carboxylic acids is 1. The molecule has 5 unspecified atom stereocenters. The van der Waals surface area contributed by atoms with Gasteiger partial charge < -0.3 is 14.9 Å². The van der Waals surface area contributed by atoms with Gasteiger partial charge in [-0.3, -0.25) is 0 Å². The maximum Gasteiger partial charge on any atom is 0.333 e. The fraction of sp³-hybridized carbons (Fsp3) is 0.600. The number of hydrogen-bond donors (Lipinski definition) is 2. The first kappa shape index (κ1) is 17.9. The average molecular weight is 346 g/mol. The first-order valence-electron chi connectivity index (χ1n) is 8.90. The predicted octanol–water partition coefficient (Wildman–Crippen LogP) is 3.21. The number of rotatable bonds is 4. The Morgan fingerprint density at radius 2 is 2.12 bits per heavy atom. The number of carboxylic acid groups (broad SMARTS) is 1. The average Bonchev–Trinajstić information content (AvgIpc) is 2.87. The van der Waals surface area contributed by atoms with Crippen molar-refractivity contribution in [2.75, 3.05) is 0 Å². The van der Waals surface area contributed by atoms with E-state index in [2.05, 4.69) is 26.8 Å². The number of aliphatic hydroxyl groups is 1. The van der Waals surface area contributed by atoms with Crippen molar-refractivity contribution in [1.82, 2.24) is 0 Å². The highest BCUT2D eigenvalue weighted by Crippen LogP contribution is 2.60. The van der Waals surface area contributed by atoms with E-state index >= 15 is 0 Å². The summed E-state index contributed by atoms with van der Waals surface area (Å²) >= 11 is 0. The Morgan fingerprint density at radius 3 is 2.72 bits per heavy atom. The smallest absolute Gasteiger partial charge is 0.333 e. The van der Waals surface area contributed by atoms with E-state index in [1.807, 2.05) is 6.08 Å². The molecule has 25 heavy (non-hydrogen) atoms. The van der Waals surface area contributed by atoms with Gasteiger partial charge in [0.1, 0.15) is 0 Å². The van der Waals surface area contributed by atoms with E-state index in [0.29, 0.717) is 23.5 Å². The number of carboxylic acids is 1. The fourth-order valence-electron chi connectivity index (χ4n) is 4.99. The summed E-state index contributed by atoms with van der Waals surface area (Å²) in [6.45, 7) is 6.48. The van der Waals surface area contributed by atoms with Crippen molar-refractivity contribution in [1.29, 1.82) is 0 Å². The van der Waals surface area contributed by atoms with Crippen LogP contribution in [0.15, 0.2) is 35.5 Å². The van der Waals surface area contributed by atoms with Crippen LogP contribution < -0.4 is 0 Å². The molecule has 0 radical (unpaired) electrons. The highest BCUT2D eigenvalue weighted by Gasteiger charge is 2.54. The third-order valence-electron chi connectivity index (χ3n) is 6.83. The predicted molar refractivity (Wildman–Crippen MR) is 92.4 cm³/mol. The fourth-order valence-corrected chi connectivity index (χ4v) is 4.99. The Labute approximate surface area is 148 Å². The Kier molecular flexibility index (Phi) is 4.40. The molecule has 0 amide bonds. The molecule has 1 fully saturated rings. The van der Waals surface area contributed by atoms with E-state index in [-0.39, 0.29) is 11.3 Å². The van der Waals surface area contributed by atoms with Gasteiger partial charge in [-0.15, -0.1) is 0 Å². The molecule has 1 heterocycles. The Balaban J connectivity index is 1.87. The van der Waals surface area contributed by atoms with Crippen LogP contribution in [0.4, 0.5) is 0 Å². The summed E-state index contributed by atoms with van der Waals surface area (Å²) in [5.41, 5.74) is 0.581. The van der Waals surface area contributed by atoms with Gasteiger partial charge in [-0.05, 0) is 42.9 Å². The van der Waals surface area contributed by atoms with Crippen molar-refractivity contribution in [3.8, 4) is 0 Å². The molecule has 1 aliphatic heterocycles. The Hall–Kier alpha value is -1.88. The van der Waals surface area contributed by atoms with Crippen LogP contribution >= 0.6 is 0 Å². The Morgan fingerprint density at radius 1 is 1.40 bits per heavy atom. The molecule has 3 aliphatic rings. The summed E-state index contributed by atoms with van der Waals surface area (Å²) < 4.78 is 4.77. The van der Waals surface area contributed by atoms with E-state index in [1.165, 1.54) is 6.08 Å². The zero-order chi connectivity index (χ0) is 18.4. The van der Waals surface area contributed by atoms with Crippen molar-refractivity contribution in [3.63, 3.8) is 0 Å². The first-order valence-corrected chi connectivity index (χ1v) is 8.90. The molecule has 0 aromatic heterocycles. The Bertz CT molecular complexity index is 688. The number of ether oxygens (including phenoxy) is 1. The summed E-state index contributed by atoms with van der Waals surface area (Å²) in [5.74, 6) is -0.820. The normalized spacial score (nSPS) is 40.2.